The number of rotatable bonds is 6. The number of phenols is 1. The van der Waals surface area contributed by atoms with E-state index in [1.807, 2.05) is 30.3 Å². The Morgan fingerprint density at radius 3 is 2.29 bits per heavy atom. The maximum Gasteiger partial charge on any atom is 0.120 e. The lowest BCUT2D eigenvalue weighted by molar-refractivity contribution is 0.306. The van der Waals surface area contributed by atoms with Gasteiger partial charge in [-0.2, -0.15) is 5.26 Å². The Hall–Kier alpha value is -3.00. The molecule has 0 aliphatic heterocycles. The number of nitrogens with zero attached hydrogens (tertiary/aromatic N) is 1. The number of ether oxygens (including phenoxy) is 1. The molecule has 3 rings (SSSR count). The van der Waals surface area contributed by atoms with Crippen molar-refractivity contribution in [2.24, 2.45) is 5.73 Å². The lowest BCUT2D eigenvalue weighted by Gasteiger charge is -2.06. The third-order valence-corrected chi connectivity index (χ3v) is 3.35. The van der Waals surface area contributed by atoms with Crippen LogP contribution in [0.2, 0.25) is 0 Å². The molecule has 0 aliphatic carbocycles. The van der Waals surface area contributed by atoms with E-state index in [1.165, 1.54) is 18.2 Å². The fourth-order valence-corrected chi connectivity index (χ4v) is 2.14. The zero-order valence-electron chi connectivity index (χ0n) is 21.0. The van der Waals surface area contributed by atoms with Gasteiger partial charge < -0.3 is 15.6 Å². The molecule has 0 unspecified atom stereocenters. The number of aromatic hydroxyl groups is 1. The molecule has 0 radical (unpaired) electrons. The monoisotopic (exact) mass is 402 g/mol. The van der Waals surface area contributed by atoms with E-state index >= 15 is 0 Å². The number of hydrogen-bond donors (Lipinski definition) is 2. The largest absolute Gasteiger partial charge is 0.508 e. The molecule has 4 nitrogen and oxygen atoms in total. The molecule has 5 heteroatoms. The van der Waals surface area contributed by atoms with E-state index in [9.17, 15) is 0 Å². The van der Waals surface area contributed by atoms with Crippen LogP contribution in [0.25, 0.3) is 0 Å². The lowest BCUT2D eigenvalue weighted by atomic mass is 10.1. The average Bonchev–Trinajstić information content (AvgIpc) is 2.78. The minimum atomic E-state index is -2.49. The van der Waals surface area contributed by atoms with Gasteiger partial charge in [0.05, 0.1) is 12.4 Å². The van der Waals surface area contributed by atoms with Gasteiger partial charge in [-0.05, 0) is 53.8 Å². The summed E-state index contributed by atoms with van der Waals surface area (Å²) >= 11 is 0. The highest BCUT2D eigenvalue weighted by molar-refractivity contribution is 5.85. The summed E-state index contributed by atoms with van der Waals surface area (Å²) in [5, 5.41) is 17.9. The quantitative estimate of drug-likeness (QED) is 0.629. The Labute approximate surface area is 181 Å². The van der Waals surface area contributed by atoms with Gasteiger partial charge in [0.15, 0.2) is 0 Å². The van der Waals surface area contributed by atoms with E-state index in [0.717, 1.165) is 11.6 Å². The molecule has 0 amide bonds. The van der Waals surface area contributed by atoms with Crippen LogP contribution in [0.15, 0.2) is 78.9 Å². The van der Waals surface area contributed by atoms with Crippen molar-refractivity contribution in [3.63, 3.8) is 0 Å². The van der Waals surface area contributed by atoms with E-state index in [0.29, 0.717) is 17.9 Å². The van der Waals surface area contributed by atoms with E-state index in [4.69, 9.17) is 29.1 Å². The summed E-state index contributed by atoms with van der Waals surface area (Å²) in [5.74, 6) is 0.441. The van der Waals surface area contributed by atoms with Gasteiger partial charge in [0.2, 0.25) is 0 Å². The Morgan fingerprint density at radius 2 is 1.61 bits per heavy atom. The number of nitriles is 1. The van der Waals surface area contributed by atoms with Crippen molar-refractivity contribution in [3.05, 3.63) is 95.6 Å². The highest BCUT2D eigenvalue weighted by atomic mass is 35.5. The molecule has 0 aliphatic rings. The van der Waals surface area contributed by atoms with Crippen molar-refractivity contribution in [2.75, 3.05) is 6.50 Å². The summed E-state index contributed by atoms with van der Waals surface area (Å²) < 4.78 is 49.9. The van der Waals surface area contributed by atoms with Gasteiger partial charge in [0, 0.05) is 8.22 Å². The first-order chi connectivity index (χ1) is 15.4. The Bertz CT molecular complexity index is 1100. The van der Waals surface area contributed by atoms with Crippen LogP contribution < -0.4 is 10.5 Å². The summed E-state index contributed by atoms with van der Waals surface area (Å²) in [4.78, 5) is 0. The summed E-state index contributed by atoms with van der Waals surface area (Å²) in [6.45, 7) is -2.07. The lowest BCUT2D eigenvalue weighted by Crippen LogP contribution is -2.01. The standard InChI is InChI=1S/C15H13NO.C8H11NO.ClH/c16-10-9-13-7-4-8-15(11-13)17-12-14-5-2-1-3-6-14;9-5-4-7-2-1-3-8(10)6-7;/h1-8,11H,9,12H2;1-3,6,10H,4-5,9H2;1H/i9D2;4D2,5D2;. The van der Waals surface area contributed by atoms with Gasteiger partial charge >= 0.3 is 0 Å². The minimum Gasteiger partial charge on any atom is -0.508 e. The van der Waals surface area contributed by atoms with E-state index < -0.39 is 19.2 Å². The van der Waals surface area contributed by atoms with E-state index in [-0.39, 0.29) is 23.7 Å². The molecule has 3 aromatic carbocycles. The van der Waals surface area contributed by atoms with Crippen LogP contribution >= 0.6 is 12.4 Å². The van der Waals surface area contributed by atoms with Gasteiger partial charge in [-0.3, -0.25) is 0 Å². The van der Waals surface area contributed by atoms with Crippen LogP contribution in [0.4, 0.5) is 0 Å². The molecule has 0 heterocycles. The third-order valence-electron chi connectivity index (χ3n) is 3.35. The molecule has 0 atom stereocenters. The number of halogens is 1. The van der Waals surface area contributed by atoms with Gasteiger partial charge in [-0.25, -0.2) is 0 Å². The fourth-order valence-electron chi connectivity index (χ4n) is 2.14. The molecular weight excluding hydrogens is 372 g/mol. The summed E-state index contributed by atoms with van der Waals surface area (Å²) in [7, 11) is 0. The fraction of sp³-hybridized carbons (Fsp3) is 0.174. The number of aryl methyl sites for hydroxylation is 1. The summed E-state index contributed by atoms with van der Waals surface area (Å²) in [5.41, 5.74) is 6.43. The number of benzene rings is 3. The van der Waals surface area contributed by atoms with Crippen molar-refractivity contribution in [2.45, 2.75) is 19.4 Å². The second kappa shape index (κ2) is 13.2. The highest BCUT2D eigenvalue weighted by Gasteiger charge is 1.97. The van der Waals surface area contributed by atoms with E-state index in [2.05, 4.69) is 0 Å². The molecule has 0 saturated carbocycles. The Morgan fingerprint density at radius 1 is 0.929 bits per heavy atom. The zero-order chi connectivity index (χ0) is 24.7. The smallest absolute Gasteiger partial charge is 0.120 e. The molecular formula is C23H25ClN2O2. The van der Waals surface area contributed by atoms with Crippen LogP contribution in [0, 0.1) is 11.3 Å². The van der Waals surface area contributed by atoms with Gasteiger partial charge in [-0.15, -0.1) is 12.4 Å². The highest BCUT2D eigenvalue weighted by Crippen LogP contribution is 2.15. The Balaban J connectivity index is 0.000000346. The first-order valence-corrected chi connectivity index (χ1v) is 8.14. The van der Waals surface area contributed by atoms with Crippen molar-refractivity contribution >= 4 is 12.4 Å². The normalized spacial score (nSPS) is 14.0. The number of hydrogen-bond acceptors (Lipinski definition) is 4. The third kappa shape index (κ3) is 8.59. The van der Waals surface area contributed by atoms with Crippen LogP contribution in [0.1, 0.15) is 24.9 Å². The zero-order valence-corrected chi connectivity index (χ0v) is 15.8. The minimum absolute atomic E-state index is 0. The molecule has 0 spiro atoms. The first kappa shape index (κ1) is 15.0. The Kier molecular flexibility index (Phi) is 7.07. The topological polar surface area (TPSA) is 79.3 Å². The maximum absolute atomic E-state index is 9.11. The molecule has 3 N–H and O–H groups in total. The van der Waals surface area contributed by atoms with Crippen LogP contribution in [-0.2, 0) is 19.4 Å². The van der Waals surface area contributed by atoms with Crippen LogP contribution in [-0.4, -0.2) is 11.6 Å². The van der Waals surface area contributed by atoms with Gasteiger partial charge in [0.25, 0.3) is 0 Å². The van der Waals surface area contributed by atoms with Crippen molar-refractivity contribution in [1.82, 2.24) is 0 Å². The second-order valence-electron chi connectivity index (χ2n) is 5.36. The molecule has 3 aromatic rings. The molecule has 0 fully saturated rings. The number of nitrogens with two attached hydrogens (primary N) is 1. The summed E-state index contributed by atoms with van der Waals surface area (Å²) in [6, 6.07) is 23.3. The van der Waals surface area contributed by atoms with Crippen molar-refractivity contribution < 1.29 is 18.1 Å². The van der Waals surface area contributed by atoms with Crippen molar-refractivity contribution in [1.29, 1.82) is 5.26 Å². The molecule has 0 saturated heterocycles. The SMILES string of the molecule is Cl.[2H]C([2H])(C#N)c1cccc(OCc2ccccc2)c1.[2H]C([2H])(N)C([2H])([2H])c1cccc(O)c1. The molecule has 28 heavy (non-hydrogen) atoms. The second-order valence-corrected chi connectivity index (χ2v) is 5.36. The number of phenolic OH excluding ortho intramolecular Hbond substituents is 1. The predicted octanol–water partition coefficient (Wildman–Crippen LogP) is 4.65. The first-order valence-electron chi connectivity index (χ1n) is 11.1. The van der Waals surface area contributed by atoms with Gasteiger partial charge in [0.1, 0.15) is 18.1 Å². The van der Waals surface area contributed by atoms with Crippen LogP contribution in [0.3, 0.4) is 0 Å². The van der Waals surface area contributed by atoms with Crippen LogP contribution in [0.5, 0.6) is 11.5 Å². The molecule has 0 bridgehead atoms. The van der Waals surface area contributed by atoms with Crippen molar-refractivity contribution in [3.8, 4) is 17.6 Å². The van der Waals surface area contributed by atoms with E-state index in [1.54, 1.807) is 30.3 Å². The summed E-state index contributed by atoms with van der Waals surface area (Å²) in [6.07, 6.45) is -4.32. The molecule has 146 valence electrons. The maximum atomic E-state index is 9.11. The predicted molar refractivity (Wildman–Crippen MR) is 115 cm³/mol. The average molecular weight is 403 g/mol. The van der Waals surface area contributed by atoms with Gasteiger partial charge in [-0.1, -0.05) is 54.6 Å². The molecule has 0 aromatic heterocycles.